The van der Waals surface area contributed by atoms with Crippen LogP contribution < -0.4 is 0 Å². The zero-order valence-corrected chi connectivity index (χ0v) is 22.0. The van der Waals surface area contributed by atoms with Crippen LogP contribution in [0.4, 0.5) is 0 Å². The standard InChI is InChI=1S/C35H42/c1-4-25-9-7-10-31(23-25)34-22-21-32(33-11-8-12-35(33)34)24-26-13-15-29(16-14-26)30-19-17-28(18-20-30)27(5-2)6-3/h7-16,21-23,27-28,30,35H,4-6,17-20,24H2,1-3H3. The summed E-state index contributed by atoms with van der Waals surface area (Å²) in [5, 5.41) is 0. The molecule has 3 aliphatic carbocycles. The van der Waals surface area contributed by atoms with Crippen molar-refractivity contribution >= 4 is 5.57 Å². The van der Waals surface area contributed by atoms with Gasteiger partial charge in [-0.15, -0.1) is 0 Å². The van der Waals surface area contributed by atoms with Crippen LogP contribution in [0.1, 0.15) is 87.5 Å². The van der Waals surface area contributed by atoms with Gasteiger partial charge in [0.1, 0.15) is 0 Å². The van der Waals surface area contributed by atoms with Crippen LogP contribution in [0.5, 0.6) is 0 Å². The highest BCUT2D eigenvalue weighted by Crippen LogP contribution is 2.43. The van der Waals surface area contributed by atoms with Crippen LogP contribution in [0.15, 0.2) is 90.1 Å². The molecule has 0 bridgehead atoms. The summed E-state index contributed by atoms with van der Waals surface area (Å²) in [7, 11) is 0. The number of hydrogen-bond donors (Lipinski definition) is 0. The van der Waals surface area contributed by atoms with Gasteiger partial charge in [0.25, 0.3) is 0 Å². The molecule has 0 aromatic heterocycles. The summed E-state index contributed by atoms with van der Waals surface area (Å²) < 4.78 is 0. The van der Waals surface area contributed by atoms with Crippen molar-refractivity contribution in [2.45, 2.75) is 78.1 Å². The lowest BCUT2D eigenvalue weighted by atomic mass is 9.72. The largest absolute Gasteiger partial charge is 0.0726 e. The molecule has 0 radical (unpaired) electrons. The van der Waals surface area contributed by atoms with E-state index >= 15 is 0 Å². The van der Waals surface area contributed by atoms with Crippen molar-refractivity contribution in [1.82, 2.24) is 0 Å². The van der Waals surface area contributed by atoms with E-state index in [1.807, 2.05) is 0 Å². The van der Waals surface area contributed by atoms with E-state index in [9.17, 15) is 0 Å². The monoisotopic (exact) mass is 462 g/mol. The van der Waals surface area contributed by atoms with Crippen molar-refractivity contribution in [1.29, 1.82) is 0 Å². The summed E-state index contributed by atoms with van der Waals surface area (Å²) in [6.45, 7) is 6.99. The lowest BCUT2D eigenvalue weighted by Gasteiger charge is -2.33. The zero-order chi connectivity index (χ0) is 24.2. The van der Waals surface area contributed by atoms with E-state index in [2.05, 4.69) is 99.7 Å². The van der Waals surface area contributed by atoms with Crippen molar-refractivity contribution in [2.75, 3.05) is 0 Å². The third kappa shape index (κ3) is 5.18. The molecule has 182 valence electrons. The van der Waals surface area contributed by atoms with Gasteiger partial charge in [-0.25, -0.2) is 0 Å². The molecule has 0 aliphatic heterocycles. The SMILES string of the molecule is CCc1cccc(C2=CC=C(Cc3ccc(C4CCC(C(CC)CC)CC4)cc3)C3=CC=CC32)c1. The predicted octanol–water partition coefficient (Wildman–Crippen LogP) is 9.64. The number of benzene rings is 2. The Morgan fingerprint density at radius 3 is 2.26 bits per heavy atom. The first-order chi connectivity index (χ1) is 17.2. The molecule has 0 amide bonds. The molecule has 0 N–H and O–H groups in total. The van der Waals surface area contributed by atoms with E-state index in [0.717, 1.165) is 30.6 Å². The van der Waals surface area contributed by atoms with Crippen molar-refractivity contribution in [3.63, 3.8) is 0 Å². The van der Waals surface area contributed by atoms with Crippen LogP contribution in [0, 0.1) is 17.8 Å². The summed E-state index contributed by atoms with van der Waals surface area (Å²) in [4.78, 5) is 0. The molecular formula is C35H42. The highest BCUT2D eigenvalue weighted by atomic mass is 14.3. The molecule has 2 aromatic rings. The Kier molecular flexibility index (Phi) is 7.57. The second kappa shape index (κ2) is 11.0. The lowest BCUT2D eigenvalue weighted by Crippen LogP contribution is -2.20. The second-order valence-corrected chi connectivity index (χ2v) is 11.0. The van der Waals surface area contributed by atoms with Crippen molar-refractivity contribution in [2.24, 2.45) is 17.8 Å². The molecule has 0 spiro atoms. The van der Waals surface area contributed by atoms with Gasteiger partial charge in [0.05, 0.1) is 0 Å². The summed E-state index contributed by atoms with van der Waals surface area (Å²) in [6.07, 6.45) is 22.1. The van der Waals surface area contributed by atoms with Crippen molar-refractivity contribution in [3.8, 4) is 0 Å². The molecule has 0 heterocycles. The Balaban J connectivity index is 1.27. The first-order valence-corrected chi connectivity index (χ1v) is 14.2. The zero-order valence-electron chi connectivity index (χ0n) is 22.0. The molecule has 0 saturated heterocycles. The van der Waals surface area contributed by atoms with Gasteiger partial charge in [0.15, 0.2) is 0 Å². The number of rotatable bonds is 8. The highest BCUT2D eigenvalue weighted by molar-refractivity contribution is 5.78. The number of fused-ring (bicyclic) bond motifs is 1. The molecule has 35 heavy (non-hydrogen) atoms. The maximum Gasteiger partial charge on any atom is 0.0281 e. The van der Waals surface area contributed by atoms with Gasteiger partial charge in [-0.3, -0.25) is 0 Å². The maximum absolute atomic E-state index is 2.43. The van der Waals surface area contributed by atoms with E-state index in [4.69, 9.17) is 0 Å². The molecule has 0 heteroatoms. The number of aryl methyl sites for hydroxylation is 1. The third-order valence-electron chi connectivity index (χ3n) is 9.09. The van der Waals surface area contributed by atoms with Gasteiger partial charge in [-0.05, 0) is 95.3 Å². The lowest BCUT2D eigenvalue weighted by molar-refractivity contribution is 0.221. The van der Waals surface area contributed by atoms with Gasteiger partial charge in [0.2, 0.25) is 0 Å². The average Bonchev–Trinajstić information content (AvgIpc) is 3.41. The quantitative estimate of drug-likeness (QED) is 0.366. The Labute approximate surface area is 213 Å². The third-order valence-corrected chi connectivity index (χ3v) is 9.09. The smallest absolute Gasteiger partial charge is 0.0281 e. The first-order valence-electron chi connectivity index (χ1n) is 14.2. The Bertz CT molecular complexity index is 1120. The van der Waals surface area contributed by atoms with E-state index in [1.54, 1.807) is 5.56 Å². The molecule has 0 nitrogen and oxygen atoms in total. The fourth-order valence-electron chi connectivity index (χ4n) is 6.86. The molecule has 1 fully saturated rings. The maximum atomic E-state index is 2.43. The van der Waals surface area contributed by atoms with Gasteiger partial charge in [-0.1, -0.05) is 113 Å². The fraction of sp³-hybridized carbons (Fsp3) is 0.429. The number of allylic oxidation sites excluding steroid dienone is 8. The van der Waals surface area contributed by atoms with E-state index in [-0.39, 0.29) is 0 Å². The van der Waals surface area contributed by atoms with Gasteiger partial charge in [-0.2, -0.15) is 0 Å². The molecule has 3 aliphatic rings. The Hall–Kier alpha value is -2.60. The van der Waals surface area contributed by atoms with Crippen LogP contribution in [-0.4, -0.2) is 0 Å². The van der Waals surface area contributed by atoms with Crippen LogP contribution in [0.25, 0.3) is 5.57 Å². The summed E-state index contributed by atoms with van der Waals surface area (Å²) in [6, 6.07) is 18.7. The number of hydrogen-bond acceptors (Lipinski definition) is 0. The summed E-state index contributed by atoms with van der Waals surface area (Å²) in [5.74, 6) is 3.06. The molecular weight excluding hydrogens is 420 g/mol. The van der Waals surface area contributed by atoms with Crippen molar-refractivity contribution < 1.29 is 0 Å². The van der Waals surface area contributed by atoms with E-state index < -0.39 is 0 Å². The Morgan fingerprint density at radius 2 is 1.54 bits per heavy atom. The second-order valence-electron chi connectivity index (χ2n) is 11.0. The van der Waals surface area contributed by atoms with Crippen LogP contribution in [0.2, 0.25) is 0 Å². The van der Waals surface area contributed by atoms with Gasteiger partial charge >= 0.3 is 0 Å². The van der Waals surface area contributed by atoms with E-state index in [0.29, 0.717) is 5.92 Å². The first kappa shape index (κ1) is 24.1. The molecule has 1 saturated carbocycles. The van der Waals surface area contributed by atoms with Gasteiger partial charge in [0, 0.05) is 5.92 Å². The molecule has 5 rings (SSSR count). The highest BCUT2D eigenvalue weighted by Gasteiger charge is 2.28. The topological polar surface area (TPSA) is 0 Å². The molecule has 1 atom stereocenters. The fourth-order valence-corrected chi connectivity index (χ4v) is 6.86. The molecule has 2 aromatic carbocycles. The van der Waals surface area contributed by atoms with Crippen molar-refractivity contribution in [3.05, 3.63) is 112 Å². The summed E-state index contributed by atoms with van der Waals surface area (Å²) >= 11 is 0. The minimum atomic E-state index is 0.395. The van der Waals surface area contributed by atoms with Crippen LogP contribution in [-0.2, 0) is 12.8 Å². The van der Waals surface area contributed by atoms with Gasteiger partial charge < -0.3 is 0 Å². The minimum Gasteiger partial charge on any atom is -0.0726 e. The summed E-state index contributed by atoms with van der Waals surface area (Å²) in [5.41, 5.74) is 10.2. The minimum absolute atomic E-state index is 0.395. The van der Waals surface area contributed by atoms with Crippen LogP contribution >= 0.6 is 0 Å². The normalized spacial score (nSPS) is 23.7. The average molecular weight is 463 g/mol. The predicted molar refractivity (Wildman–Crippen MR) is 152 cm³/mol. The van der Waals surface area contributed by atoms with E-state index in [1.165, 1.54) is 71.9 Å². The molecule has 1 unspecified atom stereocenters. The van der Waals surface area contributed by atoms with Crippen LogP contribution in [0.3, 0.4) is 0 Å². The Morgan fingerprint density at radius 1 is 0.771 bits per heavy atom.